The van der Waals surface area contributed by atoms with Crippen LogP contribution in [-0.4, -0.2) is 44.5 Å². The molecule has 1 aromatic heterocycles. The summed E-state index contributed by atoms with van der Waals surface area (Å²) in [7, 11) is 0. The van der Waals surface area contributed by atoms with Crippen molar-refractivity contribution >= 4 is 0 Å². The Balaban J connectivity index is 2.64. The zero-order valence-electron chi connectivity index (χ0n) is 10.7. The summed E-state index contributed by atoms with van der Waals surface area (Å²) in [6, 6.07) is 0. The van der Waals surface area contributed by atoms with E-state index in [9.17, 15) is 0 Å². The number of rotatable bonds is 8. The van der Waals surface area contributed by atoms with Crippen molar-refractivity contribution in [2.45, 2.75) is 26.9 Å². The van der Waals surface area contributed by atoms with Gasteiger partial charge in [0.15, 0.2) is 0 Å². The molecule has 0 aromatic carbocycles. The maximum atomic E-state index is 8.99. The Morgan fingerprint density at radius 1 is 1.59 bits per heavy atom. The molecule has 0 fully saturated rings. The molecule has 0 saturated carbocycles. The molecule has 1 heterocycles. The van der Waals surface area contributed by atoms with E-state index in [1.54, 1.807) is 6.33 Å². The van der Waals surface area contributed by atoms with E-state index in [0.29, 0.717) is 19.0 Å². The van der Waals surface area contributed by atoms with Crippen LogP contribution in [0.3, 0.4) is 0 Å². The molecule has 0 unspecified atom stereocenters. The number of aliphatic hydroxyl groups excluding tert-OH is 1. The highest BCUT2D eigenvalue weighted by Crippen LogP contribution is 2.04. The van der Waals surface area contributed by atoms with Crippen LogP contribution in [0.5, 0.6) is 0 Å². The Hall–Kier alpha value is -1.20. The lowest BCUT2D eigenvalue weighted by Gasteiger charge is -2.19. The molecule has 0 atom stereocenters. The van der Waals surface area contributed by atoms with Crippen LogP contribution in [0.4, 0.5) is 0 Å². The van der Waals surface area contributed by atoms with Gasteiger partial charge < -0.3 is 5.11 Å². The van der Waals surface area contributed by atoms with Gasteiger partial charge in [0.1, 0.15) is 12.2 Å². The Morgan fingerprint density at radius 3 is 2.94 bits per heavy atom. The second-order valence-corrected chi connectivity index (χ2v) is 4.50. The first-order valence-electron chi connectivity index (χ1n) is 5.98. The van der Waals surface area contributed by atoms with Gasteiger partial charge in [0.05, 0.1) is 13.2 Å². The van der Waals surface area contributed by atoms with Gasteiger partial charge >= 0.3 is 0 Å². The van der Waals surface area contributed by atoms with Crippen molar-refractivity contribution < 1.29 is 5.11 Å². The van der Waals surface area contributed by atoms with Gasteiger partial charge in [0.2, 0.25) is 0 Å². The normalized spacial score (nSPS) is 11.4. The Bertz CT molecular complexity index is 335. The van der Waals surface area contributed by atoms with E-state index in [4.69, 9.17) is 5.11 Å². The van der Waals surface area contributed by atoms with E-state index in [2.05, 4.69) is 35.4 Å². The highest BCUT2D eigenvalue weighted by Gasteiger charge is 2.10. The molecule has 1 aromatic rings. The summed E-state index contributed by atoms with van der Waals surface area (Å²) in [5.41, 5.74) is 0. The van der Waals surface area contributed by atoms with E-state index in [0.717, 1.165) is 18.9 Å². The zero-order chi connectivity index (χ0) is 12.7. The lowest BCUT2D eigenvalue weighted by atomic mass is 10.2. The Kier molecular flexibility index (Phi) is 5.86. The molecule has 5 nitrogen and oxygen atoms in total. The van der Waals surface area contributed by atoms with Crippen LogP contribution < -0.4 is 0 Å². The van der Waals surface area contributed by atoms with Crippen molar-refractivity contribution in [3.8, 4) is 0 Å². The molecule has 0 saturated heterocycles. The average Bonchev–Trinajstić information content (AvgIpc) is 2.65. The number of aliphatic hydroxyl groups is 1. The fourth-order valence-electron chi connectivity index (χ4n) is 1.67. The molecule has 0 bridgehead atoms. The van der Waals surface area contributed by atoms with E-state index in [1.807, 2.05) is 10.8 Å². The van der Waals surface area contributed by atoms with Crippen LogP contribution in [-0.2, 0) is 13.1 Å². The monoisotopic (exact) mass is 238 g/mol. The summed E-state index contributed by atoms with van der Waals surface area (Å²) in [5, 5.41) is 13.2. The predicted molar refractivity (Wildman–Crippen MR) is 67.4 cm³/mol. The summed E-state index contributed by atoms with van der Waals surface area (Å²) in [6.07, 6.45) is 3.42. The average molecular weight is 238 g/mol. The molecule has 1 rings (SSSR count). The fourth-order valence-corrected chi connectivity index (χ4v) is 1.67. The minimum atomic E-state index is 0.145. The number of aromatic nitrogens is 3. The van der Waals surface area contributed by atoms with Crippen molar-refractivity contribution in [2.24, 2.45) is 5.92 Å². The van der Waals surface area contributed by atoms with Crippen LogP contribution in [0, 0.1) is 5.92 Å². The van der Waals surface area contributed by atoms with Crippen molar-refractivity contribution in [3.63, 3.8) is 0 Å². The van der Waals surface area contributed by atoms with Crippen molar-refractivity contribution in [3.05, 3.63) is 24.8 Å². The molecular formula is C12H22N4O. The second kappa shape index (κ2) is 7.19. The molecule has 0 aliphatic rings. The number of hydrogen-bond donors (Lipinski definition) is 1. The summed E-state index contributed by atoms with van der Waals surface area (Å²) in [6.45, 7) is 11.1. The summed E-state index contributed by atoms with van der Waals surface area (Å²) >= 11 is 0. The molecule has 0 amide bonds. The lowest BCUT2D eigenvalue weighted by molar-refractivity contribution is 0.197. The van der Waals surface area contributed by atoms with Gasteiger partial charge in [-0.25, -0.2) is 9.67 Å². The van der Waals surface area contributed by atoms with Gasteiger partial charge in [0, 0.05) is 19.6 Å². The minimum absolute atomic E-state index is 0.145. The van der Waals surface area contributed by atoms with E-state index in [1.165, 1.54) is 0 Å². The lowest BCUT2D eigenvalue weighted by Crippen LogP contribution is -2.28. The third-order valence-corrected chi connectivity index (χ3v) is 2.40. The first-order chi connectivity index (χ1) is 8.17. The van der Waals surface area contributed by atoms with E-state index < -0.39 is 0 Å². The Morgan fingerprint density at radius 2 is 2.35 bits per heavy atom. The standard InChI is InChI=1S/C12H22N4O/c1-4-5-15(6-7-17)9-12-13-10-14-16(12)8-11(2)3/h4,10-11,17H,1,5-9H2,2-3H3. The van der Waals surface area contributed by atoms with E-state index in [-0.39, 0.29) is 6.61 Å². The number of hydrogen-bond acceptors (Lipinski definition) is 4. The van der Waals surface area contributed by atoms with Gasteiger partial charge in [-0.05, 0) is 5.92 Å². The van der Waals surface area contributed by atoms with Crippen LogP contribution in [0.1, 0.15) is 19.7 Å². The molecule has 5 heteroatoms. The SMILES string of the molecule is C=CCN(CCO)Cc1ncnn1CC(C)C. The van der Waals surface area contributed by atoms with Gasteiger partial charge in [-0.3, -0.25) is 4.90 Å². The van der Waals surface area contributed by atoms with Crippen molar-refractivity contribution in [2.75, 3.05) is 19.7 Å². The Labute approximate surface area is 103 Å². The van der Waals surface area contributed by atoms with Gasteiger partial charge in [-0.1, -0.05) is 19.9 Å². The van der Waals surface area contributed by atoms with Crippen molar-refractivity contribution in [1.82, 2.24) is 19.7 Å². The third-order valence-electron chi connectivity index (χ3n) is 2.40. The fraction of sp³-hybridized carbons (Fsp3) is 0.667. The highest BCUT2D eigenvalue weighted by atomic mass is 16.3. The molecule has 0 aliphatic heterocycles. The first-order valence-corrected chi connectivity index (χ1v) is 5.98. The van der Waals surface area contributed by atoms with Gasteiger partial charge in [-0.15, -0.1) is 6.58 Å². The summed E-state index contributed by atoms with van der Waals surface area (Å²) in [5.74, 6) is 1.48. The predicted octanol–water partition coefficient (Wildman–Crippen LogP) is 0.914. The largest absolute Gasteiger partial charge is 0.395 e. The van der Waals surface area contributed by atoms with Crippen LogP contribution in [0.25, 0.3) is 0 Å². The van der Waals surface area contributed by atoms with Crippen LogP contribution in [0.2, 0.25) is 0 Å². The van der Waals surface area contributed by atoms with E-state index >= 15 is 0 Å². The molecule has 0 spiro atoms. The molecule has 96 valence electrons. The number of nitrogens with zero attached hydrogens (tertiary/aromatic N) is 4. The zero-order valence-corrected chi connectivity index (χ0v) is 10.7. The van der Waals surface area contributed by atoms with Gasteiger partial charge in [-0.2, -0.15) is 5.10 Å². The molecular weight excluding hydrogens is 216 g/mol. The minimum Gasteiger partial charge on any atom is -0.395 e. The van der Waals surface area contributed by atoms with Gasteiger partial charge in [0.25, 0.3) is 0 Å². The quantitative estimate of drug-likeness (QED) is 0.684. The summed E-state index contributed by atoms with van der Waals surface area (Å²) in [4.78, 5) is 6.36. The maximum absolute atomic E-state index is 8.99. The molecule has 17 heavy (non-hydrogen) atoms. The first kappa shape index (κ1) is 13.9. The van der Waals surface area contributed by atoms with Crippen LogP contribution >= 0.6 is 0 Å². The smallest absolute Gasteiger partial charge is 0.141 e. The second-order valence-electron chi connectivity index (χ2n) is 4.50. The van der Waals surface area contributed by atoms with Crippen LogP contribution in [0.15, 0.2) is 19.0 Å². The topological polar surface area (TPSA) is 54.2 Å². The highest BCUT2D eigenvalue weighted by molar-refractivity contribution is 4.87. The third kappa shape index (κ3) is 4.66. The maximum Gasteiger partial charge on any atom is 0.141 e. The molecule has 0 radical (unpaired) electrons. The summed E-state index contributed by atoms with van der Waals surface area (Å²) < 4.78 is 1.93. The molecule has 1 N–H and O–H groups in total. The molecule has 0 aliphatic carbocycles. The van der Waals surface area contributed by atoms with Crippen molar-refractivity contribution in [1.29, 1.82) is 0 Å².